The molecule has 0 atom stereocenters. The minimum Gasteiger partial charge on any atom is -0.491 e. The van der Waals surface area contributed by atoms with E-state index in [9.17, 15) is 19.5 Å². The monoisotopic (exact) mass is 552 g/mol. The Morgan fingerprint density at radius 1 is 0.923 bits per heavy atom. The summed E-state index contributed by atoms with van der Waals surface area (Å²) in [6.07, 6.45) is 3.33. The van der Waals surface area contributed by atoms with Crippen molar-refractivity contribution in [2.24, 2.45) is 0 Å². The molecule has 1 aliphatic carbocycles. The van der Waals surface area contributed by atoms with Gasteiger partial charge in [0.2, 0.25) is 5.91 Å². The molecule has 2 amide bonds. The molecule has 3 aromatic carbocycles. The normalized spacial score (nSPS) is 13.8. The second kappa shape index (κ2) is 12.5. The zero-order valence-corrected chi connectivity index (χ0v) is 22.1. The molecule has 204 valence electrons. The molecule has 9 nitrogen and oxygen atoms in total. The fourth-order valence-corrected chi connectivity index (χ4v) is 4.62. The zero-order valence-electron chi connectivity index (χ0n) is 21.4. The average molecular weight is 553 g/mol. The van der Waals surface area contributed by atoms with Gasteiger partial charge in [-0.2, -0.15) is 0 Å². The number of halogens is 1. The molecule has 0 bridgehead atoms. The lowest BCUT2D eigenvalue weighted by Gasteiger charge is -2.29. The largest absolute Gasteiger partial charge is 0.491 e. The Labute approximate surface area is 231 Å². The van der Waals surface area contributed by atoms with Crippen LogP contribution < -0.4 is 20.1 Å². The highest BCUT2D eigenvalue weighted by Gasteiger charge is 2.36. The third-order valence-electron chi connectivity index (χ3n) is 6.46. The summed E-state index contributed by atoms with van der Waals surface area (Å²) >= 11 is 5.86. The minimum absolute atomic E-state index is 0.0559. The van der Waals surface area contributed by atoms with E-state index in [2.05, 4.69) is 10.6 Å². The number of alkyl carbamates (subject to hydrolysis) is 1. The second-order valence-corrected chi connectivity index (χ2v) is 9.77. The summed E-state index contributed by atoms with van der Waals surface area (Å²) in [7, 11) is 1.35. The van der Waals surface area contributed by atoms with Gasteiger partial charge in [0.15, 0.2) is 0 Å². The predicted octanol–water partition coefficient (Wildman–Crippen LogP) is 6.06. The Morgan fingerprint density at radius 3 is 2.15 bits per heavy atom. The van der Waals surface area contributed by atoms with Crippen molar-refractivity contribution >= 4 is 35.3 Å². The Kier molecular flexibility index (Phi) is 8.93. The Balaban J connectivity index is 1.29. The maximum Gasteiger partial charge on any atom is 0.407 e. The lowest BCUT2D eigenvalue weighted by molar-refractivity contribution is -0.115. The number of amides is 2. The van der Waals surface area contributed by atoms with E-state index in [-0.39, 0.29) is 28.6 Å². The lowest BCUT2D eigenvalue weighted by atomic mass is 9.99. The molecule has 0 heterocycles. The van der Waals surface area contributed by atoms with Crippen molar-refractivity contribution < 1.29 is 33.7 Å². The fraction of sp³-hybridized carbons (Fsp3) is 0.276. The summed E-state index contributed by atoms with van der Waals surface area (Å²) in [4.78, 5) is 35.6. The van der Waals surface area contributed by atoms with Gasteiger partial charge in [-0.25, -0.2) is 9.59 Å². The first kappa shape index (κ1) is 27.8. The van der Waals surface area contributed by atoms with Gasteiger partial charge in [0.05, 0.1) is 30.3 Å². The Morgan fingerprint density at radius 2 is 1.54 bits per heavy atom. The number of ether oxygens (including phenoxy) is 3. The number of methoxy groups -OCH3 is 1. The first-order valence-corrected chi connectivity index (χ1v) is 12.8. The van der Waals surface area contributed by atoms with Gasteiger partial charge >= 0.3 is 12.1 Å². The van der Waals surface area contributed by atoms with Gasteiger partial charge in [-0.05, 0) is 73.0 Å². The van der Waals surface area contributed by atoms with Crippen LogP contribution in [0.2, 0.25) is 5.02 Å². The van der Waals surface area contributed by atoms with Gasteiger partial charge in [-0.3, -0.25) is 4.79 Å². The van der Waals surface area contributed by atoms with E-state index in [1.54, 1.807) is 48.5 Å². The number of carbonyl (C=O) groups excluding carboxylic acids is 2. The van der Waals surface area contributed by atoms with Crippen LogP contribution in [-0.4, -0.2) is 42.3 Å². The molecule has 0 saturated heterocycles. The molecule has 1 saturated carbocycles. The summed E-state index contributed by atoms with van der Waals surface area (Å²) in [5, 5.41) is 15.2. The molecule has 1 fully saturated rings. The lowest BCUT2D eigenvalue weighted by Crippen LogP contribution is -2.50. The molecule has 39 heavy (non-hydrogen) atoms. The van der Waals surface area contributed by atoms with Gasteiger partial charge < -0.3 is 30.0 Å². The SMILES string of the molecule is COC(=O)NC1(COc2ccc(Oc3ccc(CC(=O)Nc4ccc(Cl)cc4C(=O)O)cc3)cc2)CCCC1. The van der Waals surface area contributed by atoms with Crippen molar-refractivity contribution in [3.63, 3.8) is 0 Å². The van der Waals surface area contributed by atoms with Crippen LogP contribution in [0.25, 0.3) is 0 Å². The summed E-state index contributed by atoms with van der Waals surface area (Å²) in [6, 6.07) is 18.5. The topological polar surface area (TPSA) is 123 Å². The molecule has 4 rings (SSSR count). The molecule has 0 radical (unpaired) electrons. The third kappa shape index (κ3) is 7.64. The van der Waals surface area contributed by atoms with Gasteiger partial charge in [-0.1, -0.05) is 36.6 Å². The van der Waals surface area contributed by atoms with Gasteiger partial charge in [0, 0.05) is 5.02 Å². The standard InChI is InChI=1S/C29H29ClN2O7/c1-37-28(36)32-29(14-2-3-15-29)18-38-21-9-11-23(12-10-21)39-22-7-4-19(5-8-22)16-26(33)31-25-13-6-20(30)17-24(25)27(34)35/h4-13,17H,2-3,14-16,18H2,1H3,(H,31,33)(H,32,36)(H,34,35). The minimum atomic E-state index is -1.18. The second-order valence-electron chi connectivity index (χ2n) is 9.33. The van der Waals surface area contributed by atoms with Crippen molar-refractivity contribution in [2.75, 3.05) is 19.0 Å². The number of nitrogens with one attached hydrogen (secondary N) is 2. The van der Waals surface area contributed by atoms with E-state index in [1.165, 1.54) is 25.3 Å². The summed E-state index contributed by atoms with van der Waals surface area (Å²) in [5.41, 5.74) is 0.416. The molecule has 0 aromatic heterocycles. The van der Waals surface area contributed by atoms with Crippen LogP contribution in [0.3, 0.4) is 0 Å². The van der Waals surface area contributed by atoms with Crippen LogP contribution in [0, 0.1) is 0 Å². The van der Waals surface area contributed by atoms with Gasteiger partial charge in [-0.15, -0.1) is 0 Å². The summed E-state index contributed by atoms with van der Waals surface area (Å²) < 4.78 is 16.6. The fourth-order valence-electron chi connectivity index (χ4n) is 4.44. The molecule has 1 aliphatic rings. The van der Waals surface area contributed by atoms with Crippen LogP contribution >= 0.6 is 11.6 Å². The number of aromatic carboxylic acids is 1. The average Bonchev–Trinajstić information content (AvgIpc) is 3.38. The zero-order chi connectivity index (χ0) is 27.8. The van der Waals surface area contributed by atoms with Crippen LogP contribution in [0.4, 0.5) is 10.5 Å². The molecular formula is C29H29ClN2O7. The molecule has 0 unspecified atom stereocenters. The van der Waals surface area contributed by atoms with Crippen molar-refractivity contribution in [1.29, 1.82) is 0 Å². The molecule has 0 aliphatic heterocycles. The predicted molar refractivity (Wildman–Crippen MR) is 146 cm³/mol. The van der Waals surface area contributed by atoms with E-state index in [0.717, 1.165) is 31.2 Å². The van der Waals surface area contributed by atoms with Gasteiger partial charge in [0.1, 0.15) is 23.9 Å². The van der Waals surface area contributed by atoms with E-state index in [4.69, 9.17) is 25.8 Å². The highest BCUT2D eigenvalue weighted by molar-refractivity contribution is 6.31. The number of hydrogen-bond donors (Lipinski definition) is 3. The quantitative estimate of drug-likeness (QED) is 0.279. The Bertz CT molecular complexity index is 1320. The first-order chi connectivity index (χ1) is 18.7. The van der Waals surface area contributed by atoms with E-state index in [1.807, 2.05) is 0 Å². The number of benzene rings is 3. The highest BCUT2D eigenvalue weighted by Crippen LogP contribution is 2.31. The van der Waals surface area contributed by atoms with Crippen molar-refractivity contribution in [3.8, 4) is 17.2 Å². The van der Waals surface area contributed by atoms with Crippen LogP contribution in [-0.2, 0) is 16.0 Å². The van der Waals surface area contributed by atoms with Crippen LogP contribution in [0.1, 0.15) is 41.6 Å². The summed E-state index contributed by atoms with van der Waals surface area (Å²) in [6.45, 7) is 0.354. The number of carboxylic acid groups (broad SMARTS) is 1. The molecular weight excluding hydrogens is 524 g/mol. The number of rotatable bonds is 10. The smallest absolute Gasteiger partial charge is 0.407 e. The number of hydrogen-bond acceptors (Lipinski definition) is 6. The third-order valence-corrected chi connectivity index (χ3v) is 6.70. The number of anilines is 1. The Hall–Kier alpha value is -4.24. The van der Waals surface area contributed by atoms with Crippen LogP contribution in [0.5, 0.6) is 17.2 Å². The number of carbonyl (C=O) groups is 3. The van der Waals surface area contributed by atoms with E-state index in [0.29, 0.717) is 23.9 Å². The maximum atomic E-state index is 12.5. The van der Waals surface area contributed by atoms with Crippen LogP contribution in [0.15, 0.2) is 66.7 Å². The highest BCUT2D eigenvalue weighted by atomic mass is 35.5. The van der Waals surface area contributed by atoms with Crippen molar-refractivity contribution in [3.05, 3.63) is 82.9 Å². The first-order valence-electron chi connectivity index (χ1n) is 12.4. The van der Waals surface area contributed by atoms with E-state index >= 15 is 0 Å². The summed E-state index contributed by atoms with van der Waals surface area (Å²) in [5.74, 6) is 0.326. The van der Waals surface area contributed by atoms with Crippen molar-refractivity contribution in [2.45, 2.75) is 37.6 Å². The molecule has 3 N–H and O–H groups in total. The molecule has 0 spiro atoms. The molecule has 10 heteroatoms. The van der Waals surface area contributed by atoms with Crippen molar-refractivity contribution in [1.82, 2.24) is 5.32 Å². The van der Waals surface area contributed by atoms with E-state index < -0.39 is 17.6 Å². The number of carboxylic acids is 1. The van der Waals surface area contributed by atoms with Gasteiger partial charge in [0.25, 0.3) is 0 Å². The molecule has 3 aromatic rings. The maximum absolute atomic E-state index is 12.5.